The molecule has 5 heteroatoms. The highest BCUT2D eigenvalue weighted by Crippen LogP contribution is 2.38. The number of para-hydroxylation sites is 1. The van der Waals surface area contributed by atoms with Crippen molar-refractivity contribution in [1.82, 2.24) is 0 Å². The molecule has 0 bridgehead atoms. The van der Waals surface area contributed by atoms with Crippen LogP contribution in [0, 0.1) is 6.92 Å². The number of phenols is 1. The van der Waals surface area contributed by atoms with Crippen LogP contribution in [0.15, 0.2) is 57.4 Å². The van der Waals surface area contributed by atoms with Crippen molar-refractivity contribution in [2.75, 3.05) is 0 Å². The van der Waals surface area contributed by atoms with Gasteiger partial charge >= 0.3 is 5.63 Å². The third-order valence-corrected chi connectivity index (χ3v) is 3.98. The number of hydrogen-bond acceptors (Lipinski definition) is 5. The minimum Gasteiger partial charge on any atom is -0.507 e. The molecule has 4 rings (SSSR count). The third-order valence-electron chi connectivity index (χ3n) is 3.98. The van der Waals surface area contributed by atoms with Crippen LogP contribution in [0.1, 0.15) is 21.5 Å². The average Bonchev–Trinajstić information content (AvgIpc) is 2.86. The minimum absolute atomic E-state index is 0.0459. The van der Waals surface area contributed by atoms with Crippen molar-refractivity contribution in [3.05, 3.63) is 75.3 Å². The summed E-state index contributed by atoms with van der Waals surface area (Å²) in [6.45, 7) is 1.78. The van der Waals surface area contributed by atoms with E-state index in [4.69, 9.17) is 9.15 Å². The summed E-state index contributed by atoms with van der Waals surface area (Å²) in [5.74, 6) is 0.0725. The van der Waals surface area contributed by atoms with Gasteiger partial charge in [-0.1, -0.05) is 18.2 Å². The zero-order chi connectivity index (χ0) is 16.8. The molecule has 24 heavy (non-hydrogen) atoms. The van der Waals surface area contributed by atoms with E-state index in [1.165, 1.54) is 18.2 Å². The summed E-state index contributed by atoms with van der Waals surface area (Å²) in [5.41, 5.74) is 1.14. The number of aromatic hydroxyl groups is 1. The molecule has 1 aliphatic rings. The van der Waals surface area contributed by atoms with Crippen LogP contribution in [0.4, 0.5) is 0 Å². The van der Waals surface area contributed by atoms with Crippen LogP contribution in [-0.4, -0.2) is 10.9 Å². The fourth-order valence-corrected chi connectivity index (χ4v) is 2.80. The molecule has 0 spiro atoms. The molecule has 3 aromatic rings. The summed E-state index contributed by atoms with van der Waals surface area (Å²) >= 11 is 0. The van der Waals surface area contributed by atoms with Crippen molar-refractivity contribution in [3.8, 4) is 11.5 Å². The topological polar surface area (TPSA) is 76.7 Å². The maximum absolute atomic E-state index is 12.7. The minimum atomic E-state index is -0.515. The number of Topliss-reactive ketones (excluding diaryl/α,β-unsaturated/α-hetero) is 1. The third kappa shape index (κ3) is 2.10. The fraction of sp³-hybridized carbons (Fsp3) is 0.0526. The monoisotopic (exact) mass is 320 g/mol. The Hall–Kier alpha value is -3.34. The normalized spacial score (nSPS) is 14.9. The van der Waals surface area contributed by atoms with Gasteiger partial charge in [-0.15, -0.1) is 0 Å². The second-order valence-electron chi connectivity index (χ2n) is 5.56. The first kappa shape index (κ1) is 14.3. The molecule has 0 saturated heterocycles. The van der Waals surface area contributed by atoms with Crippen molar-refractivity contribution >= 4 is 22.8 Å². The van der Waals surface area contributed by atoms with E-state index in [1.54, 1.807) is 37.3 Å². The number of carbonyl (C=O) groups is 1. The first-order valence-electron chi connectivity index (χ1n) is 7.34. The van der Waals surface area contributed by atoms with Crippen LogP contribution in [0.25, 0.3) is 17.0 Å². The van der Waals surface area contributed by atoms with E-state index in [2.05, 4.69) is 0 Å². The second kappa shape index (κ2) is 5.09. The Kier molecular flexibility index (Phi) is 3.03. The van der Waals surface area contributed by atoms with Gasteiger partial charge in [0.15, 0.2) is 11.3 Å². The van der Waals surface area contributed by atoms with Crippen molar-refractivity contribution in [2.24, 2.45) is 0 Å². The standard InChI is InChI=1S/C19H12O5/c1-10-8-16(21)24-19-12(10)6-7-14-17(19)18(22)15(23-14)9-11-4-2-3-5-13(11)20/h2-9,20H,1H3/b15-9-. The van der Waals surface area contributed by atoms with E-state index in [1.807, 2.05) is 0 Å². The summed E-state index contributed by atoms with van der Waals surface area (Å²) < 4.78 is 10.8. The lowest BCUT2D eigenvalue weighted by Crippen LogP contribution is -2.02. The number of carbonyl (C=O) groups excluding carboxylic acids is 1. The first-order chi connectivity index (χ1) is 11.5. The molecule has 0 atom stereocenters. The molecule has 2 heterocycles. The molecule has 118 valence electrons. The number of fused-ring (bicyclic) bond motifs is 3. The number of allylic oxidation sites excluding steroid dienone is 1. The van der Waals surface area contributed by atoms with E-state index < -0.39 is 5.63 Å². The quantitative estimate of drug-likeness (QED) is 0.549. The summed E-state index contributed by atoms with van der Waals surface area (Å²) in [4.78, 5) is 24.4. The van der Waals surface area contributed by atoms with Crippen LogP contribution in [-0.2, 0) is 0 Å². The Morgan fingerprint density at radius 1 is 1.08 bits per heavy atom. The van der Waals surface area contributed by atoms with Gasteiger partial charge in [0.25, 0.3) is 0 Å². The molecule has 0 unspecified atom stereocenters. The smallest absolute Gasteiger partial charge is 0.336 e. The van der Waals surface area contributed by atoms with Crippen molar-refractivity contribution in [1.29, 1.82) is 0 Å². The van der Waals surface area contributed by atoms with E-state index in [-0.39, 0.29) is 28.4 Å². The number of ketones is 1. The Balaban J connectivity index is 1.91. The van der Waals surface area contributed by atoms with Gasteiger partial charge in [-0.25, -0.2) is 4.79 Å². The molecule has 0 amide bonds. The van der Waals surface area contributed by atoms with Gasteiger partial charge in [0.05, 0.1) is 0 Å². The van der Waals surface area contributed by atoms with Crippen LogP contribution >= 0.6 is 0 Å². The maximum Gasteiger partial charge on any atom is 0.336 e. The highest BCUT2D eigenvalue weighted by Gasteiger charge is 2.31. The van der Waals surface area contributed by atoms with E-state index >= 15 is 0 Å². The molecule has 1 aliphatic heterocycles. The molecule has 0 saturated carbocycles. The molecule has 0 fully saturated rings. The van der Waals surface area contributed by atoms with E-state index in [0.29, 0.717) is 16.7 Å². The number of phenolic OH excluding ortho intramolecular Hbond substituents is 1. The predicted molar refractivity (Wildman–Crippen MR) is 88.3 cm³/mol. The Morgan fingerprint density at radius 2 is 1.88 bits per heavy atom. The second-order valence-corrected chi connectivity index (χ2v) is 5.56. The zero-order valence-electron chi connectivity index (χ0n) is 12.7. The number of rotatable bonds is 1. The van der Waals surface area contributed by atoms with E-state index in [0.717, 1.165) is 5.56 Å². The van der Waals surface area contributed by atoms with Crippen LogP contribution in [0.5, 0.6) is 11.5 Å². The first-order valence-corrected chi connectivity index (χ1v) is 7.34. The number of aryl methyl sites for hydroxylation is 1. The highest BCUT2D eigenvalue weighted by atomic mass is 16.5. The lowest BCUT2D eigenvalue weighted by Gasteiger charge is -2.03. The van der Waals surface area contributed by atoms with Crippen molar-refractivity contribution in [3.63, 3.8) is 0 Å². The molecule has 0 radical (unpaired) electrons. The van der Waals surface area contributed by atoms with E-state index in [9.17, 15) is 14.7 Å². The van der Waals surface area contributed by atoms with Crippen molar-refractivity contribution in [2.45, 2.75) is 6.92 Å². The number of ether oxygens (including phenoxy) is 1. The molecular weight excluding hydrogens is 308 g/mol. The van der Waals surface area contributed by atoms with Gasteiger partial charge in [-0.3, -0.25) is 4.79 Å². The lowest BCUT2D eigenvalue weighted by molar-refractivity contribution is 0.101. The molecule has 5 nitrogen and oxygen atoms in total. The molecule has 1 N–H and O–H groups in total. The van der Waals surface area contributed by atoms with Crippen LogP contribution in [0.2, 0.25) is 0 Å². The summed E-state index contributed by atoms with van der Waals surface area (Å²) in [6.07, 6.45) is 1.47. The lowest BCUT2D eigenvalue weighted by atomic mass is 10.0. The van der Waals surface area contributed by atoms with Crippen LogP contribution in [0.3, 0.4) is 0 Å². The van der Waals surface area contributed by atoms with Gasteiger partial charge in [-0.05, 0) is 36.8 Å². The summed E-state index contributed by atoms with van der Waals surface area (Å²) in [7, 11) is 0. The molecule has 2 aromatic carbocycles. The van der Waals surface area contributed by atoms with Gasteiger partial charge in [-0.2, -0.15) is 0 Å². The van der Waals surface area contributed by atoms with Gasteiger partial charge < -0.3 is 14.3 Å². The Labute approximate surface area is 136 Å². The van der Waals surface area contributed by atoms with Crippen molar-refractivity contribution < 1.29 is 19.1 Å². The largest absolute Gasteiger partial charge is 0.507 e. The summed E-state index contributed by atoms with van der Waals surface area (Å²) in [6, 6.07) is 11.4. The number of benzene rings is 2. The predicted octanol–water partition coefficient (Wildman–Crippen LogP) is 3.42. The maximum atomic E-state index is 12.7. The fourth-order valence-electron chi connectivity index (χ4n) is 2.80. The molecule has 1 aromatic heterocycles. The zero-order valence-corrected chi connectivity index (χ0v) is 12.7. The van der Waals surface area contributed by atoms with Crippen LogP contribution < -0.4 is 10.4 Å². The Morgan fingerprint density at radius 3 is 2.67 bits per heavy atom. The molecular formula is C19H12O5. The number of hydrogen-bond donors (Lipinski definition) is 1. The van der Waals surface area contributed by atoms with Gasteiger partial charge in [0.1, 0.15) is 17.1 Å². The SMILES string of the molecule is Cc1cc(=O)oc2c3c(ccc12)O/C(=C\c1ccccc1O)C3=O. The Bertz CT molecular complexity index is 1090. The average molecular weight is 320 g/mol. The highest BCUT2D eigenvalue weighted by molar-refractivity contribution is 6.20. The van der Waals surface area contributed by atoms with Gasteiger partial charge in [0.2, 0.25) is 5.78 Å². The van der Waals surface area contributed by atoms with Gasteiger partial charge in [0, 0.05) is 17.0 Å². The summed E-state index contributed by atoms with van der Waals surface area (Å²) in [5, 5.41) is 10.5. The molecule has 0 aliphatic carbocycles.